The van der Waals surface area contributed by atoms with Crippen molar-refractivity contribution < 1.29 is 19.7 Å². The molecule has 3 rings (SSSR count). The molecule has 0 amide bonds. The van der Waals surface area contributed by atoms with Gasteiger partial charge >= 0.3 is 5.97 Å². The second kappa shape index (κ2) is 8.05. The fraction of sp³-hybridized carbons (Fsp3) is 0.650. The Kier molecular flexibility index (Phi) is 5.97. The topological polar surface area (TPSA) is 73.2 Å². The lowest BCUT2D eigenvalue weighted by Crippen LogP contribution is -2.50. The molecule has 0 bridgehead atoms. The SMILES string of the molecule is COCCCN(C)[C@@H]1c2ccccc2C2(CCN(CC(=O)O)CC2)[C@H]1O. The molecule has 1 fully saturated rings. The fourth-order valence-electron chi connectivity index (χ4n) is 4.78. The first-order valence-electron chi connectivity index (χ1n) is 9.40. The second-order valence-electron chi connectivity index (χ2n) is 7.63. The summed E-state index contributed by atoms with van der Waals surface area (Å²) in [5.74, 6) is -0.788. The highest BCUT2D eigenvalue weighted by molar-refractivity contribution is 5.69. The molecule has 0 unspecified atom stereocenters. The Bertz CT molecular complexity index is 628. The Labute approximate surface area is 155 Å². The van der Waals surface area contributed by atoms with Crippen LogP contribution < -0.4 is 0 Å². The number of hydrogen-bond acceptors (Lipinski definition) is 5. The van der Waals surface area contributed by atoms with Crippen LogP contribution in [0.4, 0.5) is 0 Å². The molecule has 1 aromatic rings. The van der Waals surface area contributed by atoms with Crippen LogP contribution in [0.5, 0.6) is 0 Å². The van der Waals surface area contributed by atoms with Crippen LogP contribution in [-0.2, 0) is 14.9 Å². The van der Waals surface area contributed by atoms with Gasteiger partial charge in [0.1, 0.15) is 0 Å². The van der Waals surface area contributed by atoms with Crippen molar-refractivity contribution in [3.8, 4) is 0 Å². The van der Waals surface area contributed by atoms with Crippen molar-refractivity contribution in [3.63, 3.8) is 0 Å². The van der Waals surface area contributed by atoms with Crippen LogP contribution in [0.15, 0.2) is 24.3 Å². The van der Waals surface area contributed by atoms with Crippen molar-refractivity contribution >= 4 is 5.97 Å². The largest absolute Gasteiger partial charge is 0.480 e. The van der Waals surface area contributed by atoms with Gasteiger partial charge < -0.3 is 14.9 Å². The van der Waals surface area contributed by atoms with Gasteiger partial charge in [-0.1, -0.05) is 24.3 Å². The van der Waals surface area contributed by atoms with Crippen LogP contribution in [0.3, 0.4) is 0 Å². The van der Waals surface area contributed by atoms with Gasteiger partial charge in [-0.15, -0.1) is 0 Å². The number of aliphatic hydroxyl groups is 1. The van der Waals surface area contributed by atoms with E-state index in [-0.39, 0.29) is 18.0 Å². The zero-order chi connectivity index (χ0) is 18.7. The number of fused-ring (bicyclic) bond motifs is 2. The maximum atomic E-state index is 11.4. The van der Waals surface area contributed by atoms with Crippen molar-refractivity contribution in [2.24, 2.45) is 0 Å². The third-order valence-electron chi connectivity index (χ3n) is 6.12. The molecule has 0 saturated carbocycles. The lowest BCUT2D eigenvalue weighted by atomic mass is 9.72. The first-order valence-corrected chi connectivity index (χ1v) is 9.40. The van der Waals surface area contributed by atoms with Crippen LogP contribution in [0, 0.1) is 0 Å². The lowest BCUT2D eigenvalue weighted by Gasteiger charge is -2.43. The average Bonchev–Trinajstić information content (AvgIpc) is 2.86. The predicted octanol–water partition coefficient (Wildman–Crippen LogP) is 1.49. The number of piperidine rings is 1. The molecule has 6 nitrogen and oxygen atoms in total. The van der Waals surface area contributed by atoms with Gasteiger partial charge in [0.25, 0.3) is 0 Å². The monoisotopic (exact) mass is 362 g/mol. The van der Waals surface area contributed by atoms with Gasteiger partial charge in [-0.25, -0.2) is 0 Å². The number of carboxylic acids is 1. The molecule has 1 spiro atoms. The predicted molar refractivity (Wildman–Crippen MR) is 99.3 cm³/mol. The molecule has 6 heteroatoms. The highest BCUT2D eigenvalue weighted by atomic mass is 16.5. The van der Waals surface area contributed by atoms with Gasteiger partial charge in [0, 0.05) is 25.7 Å². The molecule has 1 saturated heterocycles. The number of carbonyl (C=O) groups is 1. The van der Waals surface area contributed by atoms with Crippen molar-refractivity contribution in [2.75, 3.05) is 46.9 Å². The highest BCUT2D eigenvalue weighted by Crippen LogP contribution is 2.52. The molecule has 2 aliphatic rings. The summed E-state index contributed by atoms with van der Waals surface area (Å²) in [6, 6.07) is 8.35. The highest BCUT2D eigenvalue weighted by Gasteiger charge is 2.53. The van der Waals surface area contributed by atoms with Gasteiger partial charge in [-0.05, 0) is 50.5 Å². The Balaban J connectivity index is 1.81. The number of aliphatic hydroxyl groups excluding tert-OH is 1. The lowest BCUT2D eigenvalue weighted by molar-refractivity contribution is -0.139. The first kappa shape index (κ1) is 19.3. The third kappa shape index (κ3) is 3.51. The van der Waals surface area contributed by atoms with Crippen LogP contribution >= 0.6 is 0 Å². The van der Waals surface area contributed by atoms with E-state index in [4.69, 9.17) is 9.84 Å². The number of aliphatic carboxylic acids is 1. The average molecular weight is 362 g/mol. The Morgan fingerprint density at radius 2 is 2.04 bits per heavy atom. The number of methoxy groups -OCH3 is 1. The number of likely N-dealkylation sites (N-methyl/N-ethyl adjacent to an activating group) is 1. The van der Waals surface area contributed by atoms with E-state index in [1.165, 1.54) is 11.1 Å². The summed E-state index contributed by atoms with van der Waals surface area (Å²) >= 11 is 0. The van der Waals surface area contributed by atoms with E-state index in [0.29, 0.717) is 19.7 Å². The summed E-state index contributed by atoms with van der Waals surface area (Å²) in [6.45, 7) is 3.07. The minimum Gasteiger partial charge on any atom is -0.480 e. The molecule has 1 aliphatic heterocycles. The minimum atomic E-state index is -0.788. The van der Waals surface area contributed by atoms with Gasteiger partial charge in [0.05, 0.1) is 18.7 Å². The fourth-order valence-corrected chi connectivity index (χ4v) is 4.78. The second-order valence-corrected chi connectivity index (χ2v) is 7.63. The van der Waals surface area contributed by atoms with Crippen LogP contribution in [-0.4, -0.2) is 79.0 Å². The molecular weight excluding hydrogens is 332 g/mol. The van der Waals surface area contributed by atoms with E-state index in [0.717, 1.165) is 25.8 Å². The standard InChI is InChI=1S/C20H30N2O4/c1-21(10-5-13-26-2)18-15-6-3-4-7-16(15)20(19(18)25)8-11-22(12-9-20)14-17(23)24/h3-4,6-7,18-19,25H,5,8-14H2,1-2H3,(H,23,24)/t18-,19+/m1/s1. The van der Waals surface area contributed by atoms with E-state index in [9.17, 15) is 9.90 Å². The van der Waals surface area contributed by atoms with E-state index in [1.54, 1.807) is 7.11 Å². The van der Waals surface area contributed by atoms with Crippen molar-refractivity contribution in [2.45, 2.75) is 36.8 Å². The number of ether oxygens (including phenoxy) is 1. The van der Waals surface area contributed by atoms with Crippen molar-refractivity contribution in [1.82, 2.24) is 9.80 Å². The zero-order valence-corrected chi connectivity index (χ0v) is 15.7. The normalized spacial score (nSPS) is 24.9. The smallest absolute Gasteiger partial charge is 0.317 e. The van der Waals surface area contributed by atoms with Crippen LogP contribution in [0.1, 0.15) is 36.4 Å². The van der Waals surface area contributed by atoms with E-state index in [1.807, 2.05) is 17.0 Å². The number of carboxylic acid groups (broad SMARTS) is 1. The number of rotatable bonds is 7. The molecule has 2 atom stereocenters. The summed E-state index contributed by atoms with van der Waals surface area (Å²) in [6.07, 6.45) is 2.04. The molecule has 144 valence electrons. The summed E-state index contributed by atoms with van der Waals surface area (Å²) < 4.78 is 5.16. The van der Waals surface area contributed by atoms with E-state index in [2.05, 4.69) is 24.1 Å². The Hall–Kier alpha value is -1.47. The van der Waals surface area contributed by atoms with Crippen LogP contribution in [0.25, 0.3) is 0 Å². The Morgan fingerprint density at radius 3 is 2.69 bits per heavy atom. The molecule has 1 aliphatic carbocycles. The molecule has 2 N–H and O–H groups in total. The molecule has 1 aromatic carbocycles. The van der Waals surface area contributed by atoms with E-state index >= 15 is 0 Å². The molecule has 26 heavy (non-hydrogen) atoms. The van der Waals surface area contributed by atoms with E-state index < -0.39 is 12.1 Å². The molecule has 1 heterocycles. The van der Waals surface area contributed by atoms with Crippen LogP contribution in [0.2, 0.25) is 0 Å². The molecule has 0 radical (unpaired) electrons. The number of likely N-dealkylation sites (tertiary alicyclic amines) is 1. The van der Waals surface area contributed by atoms with Crippen molar-refractivity contribution in [1.29, 1.82) is 0 Å². The minimum absolute atomic E-state index is 0.0194. The maximum Gasteiger partial charge on any atom is 0.317 e. The Morgan fingerprint density at radius 1 is 1.35 bits per heavy atom. The summed E-state index contributed by atoms with van der Waals surface area (Å²) in [4.78, 5) is 15.2. The first-order chi connectivity index (χ1) is 12.5. The van der Waals surface area contributed by atoms with Gasteiger partial charge in [-0.3, -0.25) is 14.6 Å². The molecule has 0 aromatic heterocycles. The van der Waals surface area contributed by atoms with Gasteiger partial charge in [0.2, 0.25) is 0 Å². The summed E-state index contributed by atoms with van der Waals surface area (Å²) in [5, 5.41) is 20.4. The summed E-state index contributed by atoms with van der Waals surface area (Å²) in [5.41, 5.74) is 2.18. The van der Waals surface area contributed by atoms with Gasteiger partial charge in [-0.2, -0.15) is 0 Å². The third-order valence-corrected chi connectivity index (χ3v) is 6.12. The zero-order valence-electron chi connectivity index (χ0n) is 15.7. The summed E-state index contributed by atoms with van der Waals surface area (Å²) in [7, 11) is 3.78. The van der Waals surface area contributed by atoms with Crippen molar-refractivity contribution in [3.05, 3.63) is 35.4 Å². The van der Waals surface area contributed by atoms with Gasteiger partial charge in [0.15, 0.2) is 0 Å². The molecular formula is C20H30N2O4. The number of benzene rings is 1. The number of hydrogen-bond donors (Lipinski definition) is 2. The maximum absolute atomic E-state index is 11.4. The number of nitrogens with zero attached hydrogens (tertiary/aromatic N) is 2. The quantitative estimate of drug-likeness (QED) is 0.716.